The van der Waals surface area contributed by atoms with Crippen LogP contribution in [0.15, 0.2) is 53.1 Å². The molecule has 1 N–H and O–H groups in total. The van der Waals surface area contributed by atoms with Crippen molar-refractivity contribution in [3.8, 4) is 0 Å². The van der Waals surface area contributed by atoms with Gasteiger partial charge in [0.2, 0.25) is 10.0 Å². The van der Waals surface area contributed by atoms with Gasteiger partial charge in [-0.15, -0.1) is 0 Å². The molecule has 1 heterocycles. The van der Waals surface area contributed by atoms with E-state index in [0.29, 0.717) is 19.4 Å². The van der Waals surface area contributed by atoms with E-state index in [0.717, 1.165) is 17.7 Å². The Hall–Kier alpha value is -1.63. The minimum atomic E-state index is -3.41. The van der Waals surface area contributed by atoms with Crippen LogP contribution in [0.4, 0.5) is 0 Å². The Morgan fingerprint density at radius 2 is 1.86 bits per heavy atom. The molecule has 0 fully saturated rings. The zero-order chi connectivity index (χ0) is 15.0. The van der Waals surface area contributed by atoms with Crippen molar-refractivity contribution >= 4 is 10.0 Å². The molecule has 114 valence electrons. The van der Waals surface area contributed by atoms with E-state index in [1.165, 1.54) is 0 Å². The monoisotopic (exact) mass is 309 g/mol. The molecule has 0 atom stereocenters. The van der Waals surface area contributed by atoms with Gasteiger partial charge in [0.1, 0.15) is 5.76 Å². The summed E-state index contributed by atoms with van der Waals surface area (Å²) >= 11 is 0. The lowest BCUT2D eigenvalue weighted by atomic mass is 10.2. The summed E-state index contributed by atoms with van der Waals surface area (Å²) < 4.78 is 28.7. The zero-order valence-corrected chi connectivity index (χ0v) is 12.5. The molecule has 0 saturated carbocycles. The van der Waals surface area contributed by atoms with Gasteiger partial charge in [0.15, 0.2) is 0 Å². The minimum Gasteiger partial charge on any atom is -0.469 e. The maximum Gasteiger partial charge on any atom is 0.233 e. The summed E-state index contributed by atoms with van der Waals surface area (Å²) in [5, 5.41) is 0. The summed E-state index contributed by atoms with van der Waals surface area (Å²) in [5.41, 5.74) is 0.987. The molecule has 0 unspecified atom stereocenters. The third kappa shape index (κ3) is 6.12. The van der Waals surface area contributed by atoms with Gasteiger partial charge in [-0.1, -0.05) is 35.2 Å². The molecule has 1 aromatic heterocycles. The number of rotatable bonds is 9. The predicted molar refractivity (Wildman–Crippen MR) is 80.0 cm³/mol. The molecule has 0 aliphatic rings. The van der Waals surface area contributed by atoms with E-state index < -0.39 is 10.0 Å². The van der Waals surface area contributed by atoms with Gasteiger partial charge in [-0.05, 0) is 30.5 Å². The van der Waals surface area contributed by atoms with E-state index in [4.69, 9.17) is 9.25 Å². The summed E-state index contributed by atoms with van der Waals surface area (Å²) in [6, 6.07) is 13.2. The van der Waals surface area contributed by atoms with Crippen LogP contribution in [0.2, 0.25) is 0 Å². The van der Waals surface area contributed by atoms with Crippen molar-refractivity contribution in [1.29, 1.82) is 0 Å². The van der Waals surface area contributed by atoms with Crippen LogP contribution in [0.5, 0.6) is 0 Å². The Morgan fingerprint density at radius 3 is 2.57 bits per heavy atom. The number of hydrogen-bond acceptors (Lipinski definition) is 4. The van der Waals surface area contributed by atoms with Crippen LogP contribution in [0.25, 0.3) is 0 Å². The highest BCUT2D eigenvalue weighted by Gasteiger charge is 2.10. The quantitative estimate of drug-likeness (QED) is 0.570. The van der Waals surface area contributed by atoms with Gasteiger partial charge in [0.25, 0.3) is 0 Å². The molecule has 0 amide bonds. The highest BCUT2D eigenvalue weighted by atomic mass is 32.2. The van der Waals surface area contributed by atoms with E-state index in [2.05, 4.69) is 4.89 Å². The molecule has 2 aromatic rings. The van der Waals surface area contributed by atoms with Gasteiger partial charge in [0.05, 0.1) is 18.6 Å². The normalized spacial score (nSPS) is 11.6. The first-order valence-electron chi connectivity index (χ1n) is 6.83. The number of aryl methyl sites for hydroxylation is 2. The van der Waals surface area contributed by atoms with E-state index in [1.54, 1.807) is 6.26 Å². The second-order valence-electron chi connectivity index (χ2n) is 4.67. The zero-order valence-electron chi connectivity index (χ0n) is 11.7. The van der Waals surface area contributed by atoms with Gasteiger partial charge in [-0.3, -0.25) is 4.84 Å². The standard InChI is InChI=1S/C15H19NO4S/c17-21(18,13-10-14-6-2-1-3-7-14)16-20-12-5-9-15-8-4-11-19-15/h1-4,6-8,11,16H,5,9-10,12-13H2. The van der Waals surface area contributed by atoms with Crippen molar-refractivity contribution in [2.24, 2.45) is 0 Å². The van der Waals surface area contributed by atoms with Crippen molar-refractivity contribution in [2.45, 2.75) is 19.3 Å². The molecule has 0 radical (unpaired) electrons. The fourth-order valence-electron chi connectivity index (χ4n) is 1.84. The average Bonchev–Trinajstić information content (AvgIpc) is 2.99. The summed E-state index contributed by atoms with van der Waals surface area (Å²) in [6.07, 6.45) is 3.49. The number of benzene rings is 1. The molecular formula is C15H19NO4S. The summed E-state index contributed by atoms with van der Waals surface area (Å²) in [7, 11) is -3.41. The fraction of sp³-hybridized carbons (Fsp3) is 0.333. The highest BCUT2D eigenvalue weighted by Crippen LogP contribution is 2.04. The van der Waals surface area contributed by atoms with E-state index in [9.17, 15) is 8.42 Å². The molecule has 0 aliphatic heterocycles. The molecular weight excluding hydrogens is 290 g/mol. The second-order valence-corrected chi connectivity index (χ2v) is 6.47. The van der Waals surface area contributed by atoms with Crippen LogP contribution in [0.1, 0.15) is 17.7 Å². The van der Waals surface area contributed by atoms with Gasteiger partial charge in [0, 0.05) is 6.42 Å². The summed E-state index contributed by atoms with van der Waals surface area (Å²) in [4.78, 5) is 7.16. The maximum atomic E-state index is 11.7. The maximum absolute atomic E-state index is 11.7. The second kappa shape index (κ2) is 7.97. The average molecular weight is 309 g/mol. The van der Waals surface area contributed by atoms with E-state index >= 15 is 0 Å². The van der Waals surface area contributed by atoms with E-state index in [-0.39, 0.29) is 5.75 Å². The predicted octanol–water partition coefficient (Wildman–Crippen LogP) is 2.31. The Morgan fingerprint density at radius 1 is 1.05 bits per heavy atom. The topological polar surface area (TPSA) is 68.5 Å². The van der Waals surface area contributed by atoms with Gasteiger partial charge >= 0.3 is 0 Å². The van der Waals surface area contributed by atoms with Gasteiger partial charge < -0.3 is 4.42 Å². The Labute approximate surface area is 124 Å². The van der Waals surface area contributed by atoms with Crippen LogP contribution in [0, 0.1) is 0 Å². The largest absolute Gasteiger partial charge is 0.469 e. The Bertz CT molecular complexity index is 608. The first-order valence-corrected chi connectivity index (χ1v) is 8.48. The van der Waals surface area contributed by atoms with Crippen LogP contribution >= 0.6 is 0 Å². The molecule has 21 heavy (non-hydrogen) atoms. The van der Waals surface area contributed by atoms with Crippen molar-refractivity contribution in [3.05, 3.63) is 60.1 Å². The van der Waals surface area contributed by atoms with Crippen LogP contribution in [-0.2, 0) is 27.7 Å². The lowest BCUT2D eigenvalue weighted by Gasteiger charge is -2.07. The Balaban J connectivity index is 1.62. The number of hydrogen-bond donors (Lipinski definition) is 1. The number of furan rings is 1. The van der Waals surface area contributed by atoms with Gasteiger partial charge in [-0.2, -0.15) is 0 Å². The molecule has 6 heteroatoms. The summed E-state index contributed by atoms with van der Waals surface area (Å²) in [6.45, 7) is 0.311. The third-order valence-electron chi connectivity index (χ3n) is 2.94. The smallest absolute Gasteiger partial charge is 0.233 e. The molecule has 0 saturated heterocycles. The number of sulfonamides is 1. The van der Waals surface area contributed by atoms with Crippen LogP contribution in [-0.4, -0.2) is 20.8 Å². The lowest BCUT2D eigenvalue weighted by Crippen LogP contribution is -2.28. The van der Waals surface area contributed by atoms with Crippen LogP contribution < -0.4 is 4.89 Å². The van der Waals surface area contributed by atoms with E-state index in [1.807, 2.05) is 42.5 Å². The molecule has 1 aromatic carbocycles. The first kappa shape index (κ1) is 15.8. The molecule has 5 nitrogen and oxygen atoms in total. The molecule has 0 aliphatic carbocycles. The SMILES string of the molecule is O=S(=O)(CCc1ccccc1)NOCCCc1ccco1. The fourth-order valence-corrected chi connectivity index (χ4v) is 2.69. The number of nitrogens with one attached hydrogen (secondary N) is 1. The minimum absolute atomic E-state index is 0.00912. The summed E-state index contributed by atoms with van der Waals surface area (Å²) in [5.74, 6) is 0.875. The lowest BCUT2D eigenvalue weighted by molar-refractivity contribution is 0.0906. The molecule has 0 bridgehead atoms. The first-order chi connectivity index (χ1) is 10.2. The van der Waals surface area contributed by atoms with Crippen molar-refractivity contribution in [1.82, 2.24) is 4.89 Å². The van der Waals surface area contributed by atoms with Crippen molar-refractivity contribution < 1.29 is 17.7 Å². The van der Waals surface area contributed by atoms with Crippen molar-refractivity contribution in [3.63, 3.8) is 0 Å². The molecule has 2 rings (SSSR count). The van der Waals surface area contributed by atoms with Gasteiger partial charge in [-0.25, -0.2) is 8.42 Å². The molecule has 0 spiro atoms. The van der Waals surface area contributed by atoms with Crippen LogP contribution in [0.3, 0.4) is 0 Å². The highest BCUT2D eigenvalue weighted by molar-refractivity contribution is 7.89. The third-order valence-corrected chi connectivity index (χ3v) is 4.05. The van der Waals surface area contributed by atoms with Crippen molar-refractivity contribution in [2.75, 3.05) is 12.4 Å². The Kier molecular flexibility index (Phi) is 5.98.